The lowest BCUT2D eigenvalue weighted by molar-refractivity contribution is 0.415. The van der Waals surface area contributed by atoms with E-state index in [4.69, 9.17) is 4.74 Å². The van der Waals surface area contributed by atoms with Crippen molar-refractivity contribution >= 4 is 10.8 Å². The third-order valence-corrected chi connectivity index (χ3v) is 4.14. The molecule has 0 aliphatic heterocycles. The zero-order valence-corrected chi connectivity index (χ0v) is 13.5. The van der Waals surface area contributed by atoms with Gasteiger partial charge in [-0.25, -0.2) is 8.78 Å². The molecule has 0 unspecified atom stereocenters. The number of ether oxygens (including phenoxy) is 1. The molecule has 3 aromatic rings. The molecule has 0 spiro atoms. The van der Waals surface area contributed by atoms with Crippen molar-refractivity contribution in [3.63, 3.8) is 0 Å². The summed E-state index contributed by atoms with van der Waals surface area (Å²) in [7, 11) is 1.60. The molecule has 3 aromatic carbocycles. The fourth-order valence-electron chi connectivity index (χ4n) is 2.79. The van der Waals surface area contributed by atoms with Gasteiger partial charge >= 0.3 is 0 Å². The molecule has 24 heavy (non-hydrogen) atoms. The van der Waals surface area contributed by atoms with Crippen molar-refractivity contribution in [2.75, 3.05) is 7.11 Å². The van der Waals surface area contributed by atoms with Crippen LogP contribution >= 0.6 is 0 Å². The second-order valence-corrected chi connectivity index (χ2v) is 5.66. The standard InChI is InChI=1S/C21H18F2O/c1-3-4-5-17-12-16-7-6-15(13-19(16)21(23)20(17)22)14-8-10-18(24-2)11-9-14/h3,6-13H,1,4-5H2,2H3. The zero-order chi connectivity index (χ0) is 17.1. The van der Waals surface area contributed by atoms with Gasteiger partial charge in [0, 0.05) is 5.39 Å². The first-order chi connectivity index (χ1) is 11.6. The summed E-state index contributed by atoms with van der Waals surface area (Å²) in [4.78, 5) is 0. The minimum Gasteiger partial charge on any atom is -0.497 e. The number of halogens is 2. The van der Waals surface area contributed by atoms with Crippen LogP contribution in [0.2, 0.25) is 0 Å². The number of methoxy groups -OCH3 is 1. The summed E-state index contributed by atoms with van der Waals surface area (Å²) < 4.78 is 33.9. The normalized spacial score (nSPS) is 10.8. The fourth-order valence-corrected chi connectivity index (χ4v) is 2.79. The molecule has 0 N–H and O–H groups in total. The molecule has 0 amide bonds. The number of rotatable bonds is 5. The van der Waals surface area contributed by atoms with Crippen molar-refractivity contribution in [3.05, 3.63) is 78.4 Å². The van der Waals surface area contributed by atoms with Gasteiger partial charge in [0.15, 0.2) is 11.6 Å². The molecule has 1 nitrogen and oxygen atoms in total. The van der Waals surface area contributed by atoms with E-state index >= 15 is 0 Å². The number of benzene rings is 3. The van der Waals surface area contributed by atoms with Crippen LogP contribution in [0.3, 0.4) is 0 Å². The van der Waals surface area contributed by atoms with Crippen LogP contribution in [-0.2, 0) is 6.42 Å². The first-order valence-corrected chi connectivity index (χ1v) is 7.80. The van der Waals surface area contributed by atoms with Gasteiger partial charge in [-0.05, 0) is 59.2 Å². The van der Waals surface area contributed by atoms with Crippen LogP contribution in [0.1, 0.15) is 12.0 Å². The van der Waals surface area contributed by atoms with Crippen LogP contribution in [0.25, 0.3) is 21.9 Å². The summed E-state index contributed by atoms with van der Waals surface area (Å²) in [6.07, 6.45) is 2.77. The highest BCUT2D eigenvalue weighted by Gasteiger charge is 2.14. The molecule has 0 aliphatic carbocycles. The molecule has 0 aromatic heterocycles. The van der Waals surface area contributed by atoms with E-state index in [0.717, 1.165) is 16.9 Å². The van der Waals surface area contributed by atoms with Gasteiger partial charge in [0.1, 0.15) is 5.75 Å². The summed E-state index contributed by atoms with van der Waals surface area (Å²) in [5, 5.41) is 0.994. The van der Waals surface area contributed by atoms with Crippen LogP contribution in [0.5, 0.6) is 5.75 Å². The molecule has 0 atom stereocenters. The minimum atomic E-state index is -0.790. The average Bonchev–Trinajstić information content (AvgIpc) is 2.63. The molecule has 0 aliphatic rings. The quantitative estimate of drug-likeness (QED) is 0.530. The van der Waals surface area contributed by atoms with E-state index in [-0.39, 0.29) is 0 Å². The van der Waals surface area contributed by atoms with Gasteiger partial charge in [-0.3, -0.25) is 0 Å². The highest BCUT2D eigenvalue weighted by molar-refractivity contribution is 5.88. The predicted molar refractivity (Wildman–Crippen MR) is 94.4 cm³/mol. The first-order valence-electron chi connectivity index (χ1n) is 7.80. The summed E-state index contributed by atoms with van der Waals surface area (Å²) in [6.45, 7) is 3.62. The molecule has 122 valence electrons. The van der Waals surface area contributed by atoms with Crippen LogP contribution in [0, 0.1) is 11.6 Å². The van der Waals surface area contributed by atoms with E-state index < -0.39 is 11.6 Å². The topological polar surface area (TPSA) is 9.23 Å². The molecule has 0 fully saturated rings. The highest BCUT2D eigenvalue weighted by Crippen LogP contribution is 2.30. The number of hydrogen-bond acceptors (Lipinski definition) is 1. The largest absolute Gasteiger partial charge is 0.497 e. The second-order valence-electron chi connectivity index (χ2n) is 5.66. The molecular weight excluding hydrogens is 306 g/mol. The Labute approximate surface area is 140 Å². The van der Waals surface area contributed by atoms with Crippen molar-refractivity contribution in [1.82, 2.24) is 0 Å². The van der Waals surface area contributed by atoms with Gasteiger partial charge in [-0.1, -0.05) is 30.3 Å². The van der Waals surface area contributed by atoms with E-state index in [9.17, 15) is 8.78 Å². The van der Waals surface area contributed by atoms with Crippen molar-refractivity contribution in [1.29, 1.82) is 0 Å². The van der Waals surface area contributed by atoms with Crippen LogP contribution in [-0.4, -0.2) is 7.11 Å². The molecule has 0 bridgehead atoms. The van der Waals surface area contributed by atoms with Gasteiger partial charge in [0.2, 0.25) is 0 Å². The predicted octanol–water partition coefficient (Wildman–Crippen LogP) is 5.91. The summed E-state index contributed by atoms with van der Waals surface area (Å²) in [5.41, 5.74) is 2.15. The smallest absolute Gasteiger partial charge is 0.166 e. The van der Waals surface area contributed by atoms with E-state index in [0.29, 0.717) is 29.2 Å². The molecular formula is C21H18F2O. The van der Waals surface area contributed by atoms with Crippen LogP contribution in [0.15, 0.2) is 61.2 Å². The maximum Gasteiger partial charge on any atom is 0.166 e. The zero-order valence-electron chi connectivity index (χ0n) is 13.5. The molecule has 0 radical (unpaired) electrons. The van der Waals surface area contributed by atoms with Crippen molar-refractivity contribution in [2.45, 2.75) is 12.8 Å². The summed E-state index contributed by atoms with van der Waals surface area (Å²) >= 11 is 0. The highest BCUT2D eigenvalue weighted by atomic mass is 19.2. The van der Waals surface area contributed by atoms with E-state index in [1.807, 2.05) is 36.4 Å². The van der Waals surface area contributed by atoms with Crippen molar-refractivity contribution in [2.24, 2.45) is 0 Å². The van der Waals surface area contributed by atoms with Crippen molar-refractivity contribution in [3.8, 4) is 16.9 Å². The Bertz CT molecular complexity index is 882. The number of aryl methyl sites for hydroxylation is 1. The van der Waals surface area contributed by atoms with E-state index in [2.05, 4.69) is 6.58 Å². The van der Waals surface area contributed by atoms with Crippen LogP contribution in [0.4, 0.5) is 8.78 Å². The third-order valence-electron chi connectivity index (χ3n) is 4.14. The Morgan fingerprint density at radius 1 is 0.958 bits per heavy atom. The molecule has 3 heteroatoms. The Kier molecular flexibility index (Phi) is 4.61. The second kappa shape index (κ2) is 6.83. The van der Waals surface area contributed by atoms with Gasteiger partial charge in [-0.2, -0.15) is 0 Å². The van der Waals surface area contributed by atoms with Gasteiger partial charge < -0.3 is 4.74 Å². The van der Waals surface area contributed by atoms with Gasteiger partial charge in [0.25, 0.3) is 0 Å². The maximum absolute atomic E-state index is 14.5. The maximum atomic E-state index is 14.5. The lowest BCUT2D eigenvalue weighted by Crippen LogP contribution is -1.96. The van der Waals surface area contributed by atoms with Crippen molar-refractivity contribution < 1.29 is 13.5 Å². The third kappa shape index (κ3) is 3.02. The Morgan fingerprint density at radius 3 is 2.33 bits per heavy atom. The lowest BCUT2D eigenvalue weighted by atomic mass is 9.98. The number of fused-ring (bicyclic) bond motifs is 1. The average molecular weight is 324 g/mol. The lowest BCUT2D eigenvalue weighted by Gasteiger charge is -2.10. The number of allylic oxidation sites excluding steroid dienone is 1. The van der Waals surface area contributed by atoms with Gasteiger partial charge in [0.05, 0.1) is 7.11 Å². The monoisotopic (exact) mass is 324 g/mol. The Balaban J connectivity index is 2.07. The summed E-state index contributed by atoms with van der Waals surface area (Å²) in [5.74, 6) is -0.804. The van der Waals surface area contributed by atoms with Crippen LogP contribution < -0.4 is 4.74 Å². The summed E-state index contributed by atoms with van der Waals surface area (Å²) in [6, 6.07) is 14.6. The molecule has 0 saturated carbocycles. The minimum absolute atomic E-state index is 0.295. The van der Waals surface area contributed by atoms with Gasteiger partial charge in [-0.15, -0.1) is 6.58 Å². The SMILES string of the molecule is C=CCCc1cc2ccc(-c3ccc(OC)cc3)cc2c(F)c1F. The number of hydrogen-bond donors (Lipinski definition) is 0. The molecule has 0 heterocycles. The van der Waals surface area contributed by atoms with E-state index in [1.54, 1.807) is 25.3 Å². The first kappa shape index (κ1) is 16.2. The molecule has 3 rings (SSSR count). The molecule has 0 saturated heterocycles. The Hall–Kier alpha value is -2.68. The van der Waals surface area contributed by atoms with E-state index in [1.165, 1.54) is 0 Å². The Morgan fingerprint density at radius 2 is 1.67 bits per heavy atom. The fraction of sp³-hybridized carbons (Fsp3) is 0.143.